The van der Waals surface area contributed by atoms with Crippen molar-refractivity contribution in [1.29, 1.82) is 0 Å². The van der Waals surface area contributed by atoms with Crippen LogP contribution in [0.4, 0.5) is 4.39 Å². The number of carbonyl (C=O) groups is 2. The van der Waals surface area contributed by atoms with E-state index in [1.165, 1.54) is 12.1 Å². The van der Waals surface area contributed by atoms with E-state index in [4.69, 9.17) is 4.74 Å². The zero-order valence-corrected chi connectivity index (χ0v) is 16.5. The Hall–Kier alpha value is -3.20. The Morgan fingerprint density at radius 3 is 2.52 bits per heavy atom. The number of nitrogens with zero attached hydrogens (tertiary/aromatic N) is 3. The van der Waals surface area contributed by atoms with E-state index in [2.05, 4.69) is 15.5 Å². The molecule has 0 atom stereocenters. The summed E-state index contributed by atoms with van der Waals surface area (Å²) in [5, 5.41) is 11.4. The molecule has 0 unspecified atom stereocenters. The van der Waals surface area contributed by atoms with Crippen molar-refractivity contribution in [3.05, 3.63) is 60.4 Å². The van der Waals surface area contributed by atoms with Crippen molar-refractivity contribution < 1.29 is 18.7 Å². The number of carbonyl (C=O) groups excluding carboxylic acids is 2. The Morgan fingerprint density at radius 1 is 1.10 bits per heavy atom. The number of hydrogen-bond donors (Lipinski definition) is 1. The third-order valence-corrected chi connectivity index (χ3v) is 4.71. The topological polar surface area (TPSA) is 86.1 Å². The molecule has 150 valence electrons. The zero-order chi connectivity index (χ0) is 20.6. The minimum Gasteiger partial charge on any atom is -0.455 e. The molecule has 0 saturated carbocycles. The van der Waals surface area contributed by atoms with Gasteiger partial charge in [0.05, 0.1) is 5.75 Å². The number of rotatable bonds is 8. The fourth-order valence-electron chi connectivity index (χ4n) is 2.52. The van der Waals surface area contributed by atoms with Crippen LogP contribution >= 0.6 is 11.8 Å². The minimum absolute atomic E-state index is 0.0339. The second-order valence-corrected chi connectivity index (χ2v) is 6.83. The summed E-state index contributed by atoms with van der Waals surface area (Å²) in [6.07, 6.45) is 0. The minimum atomic E-state index is -0.535. The van der Waals surface area contributed by atoms with E-state index in [0.717, 1.165) is 17.4 Å². The summed E-state index contributed by atoms with van der Waals surface area (Å²) in [6.45, 7) is 1.93. The largest absolute Gasteiger partial charge is 0.455 e. The van der Waals surface area contributed by atoms with Gasteiger partial charge in [0.1, 0.15) is 5.82 Å². The molecule has 3 aromatic rings. The fraction of sp³-hybridized carbons (Fsp3) is 0.200. The summed E-state index contributed by atoms with van der Waals surface area (Å²) in [6, 6.07) is 15.3. The van der Waals surface area contributed by atoms with Crippen LogP contribution in [-0.2, 0) is 14.3 Å². The number of nitrogens with one attached hydrogen (secondary N) is 1. The molecule has 0 bridgehead atoms. The second-order valence-electron chi connectivity index (χ2n) is 5.89. The molecular formula is C20H19FN4O3S. The first kappa shape index (κ1) is 20.5. The van der Waals surface area contributed by atoms with Crippen LogP contribution in [-0.4, -0.2) is 45.5 Å². The molecular weight excluding hydrogens is 395 g/mol. The van der Waals surface area contributed by atoms with Gasteiger partial charge in [0, 0.05) is 17.8 Å². The van der Waals surface area contributed by atoms with E-state index in [1.54, 1.807) is 23.6 Å². The maximum Gasteiger partial charge on any atom is 0.316 e. The summed E-state index contributed by atoms with van der Waals surface area (Å²) < 4.78 is 20.0. The second kappa shape index (κ2) is 9.83. The van der Waals surface area contributed by atoms with Crippen molar-refractivity contribution in [1.82, 2.24) is 20.1 Å². The predicted molar refractivity (Wildman–Crippen MR) is 107 cm³/mol. The third-order valence-electron chi connectivity index (χ3n) is 3.81. The highest BCUT2D eigenvalue weighted by atomic mass is 32.2. The first-order valence-corrected chi connectivity index (χ1v) is 9.89. The molecule has 7 nitrogen and oxygen atoms in total. The molecule has 0 spiro atoms. The fourth-order valence-corrected chi connectivity index (χ4v) is 3.27. The lowest BCUT2D eigenvalue weighted by atomic mass is 10.2. The first-order chi connectivity index (χ1) is 14.1. The molecule has 0 radical (unpaired) electrons. The SMILES string of the molecule is CCNC(=O)COC(=O)CSc1nnc(-c2ccc(F)cc2)n1-c1ccccc1. The van der Waals surface area contributed by atoms with Crippen LogP contribution in [0, 0.1) is 5.82 Å². The first-order valence-electron chi connectivity index (χ1n) is 8.90. The number of halogens is 1. The van der Waals surface area contributed by atoms with Gasteiger partial charge in [0.2, 0.25) is 0 Å². The quantitative estimate of drug-likeness (QED) is 0.451. The van der Waals surface area contributed by atoms with Crippen LogP contribution in [0.15, 0.2) is 59.8 Å². The van der Waals surface area contributed by atoms with Gasteiger partial charge in [-0.1, -0.05) is 30.0 Å². The van der Waals surface area contributed by atoms with Crippen molar-refractivity contribution in [2.24, 2.45) is 0 Å². The van der Waals surface area contributed by atoms with Gasteiger partial charge in [-0.15, -0.1) is 10.2 Å². The van der Waals surface area contributed by atoms with E-state index in [9.17, 15) is 14.0 Å². The lowest BCUT2D eigenvalue weighted by molar-refractivity contribution is -0.145. The summed E-state index contributed by atoms with van der Waals surface area (Å²) >= 11 is 1.14. The molecule has 9 heteroatoms. The third kappa shape index (κ3) is 5.41. The van der Waals surface area contributed by atoms with Gasteiger partial charge in [-0.2, -0.15) is 0 Å². The number of aromatic nitrogens is 3. The van der Waals surface area contributed by atoms with E-state index in [-0.39, 0.29) is 24.1 Å². The Labute approximate surface area is 171 Å². The van der Waals surface area contributed by atoms with Gasteiger partial charge < -0.3 is 10.1 Å². The van der Waals surface area contributed by atoms with E-state index in [1.807, 2.05) is 30.3 Å². The molecule has 1 amide bonds. The van der Waals surface area contributed by atoms with Crippen LogP contribution in [0.5, 0.6) is 0 Å². The smallest absolute Gasteiger partial charge is 0.316 e. The normalized spacial score (nSPS) is 10.6. The Balaban J connectivity index is 1.79. The van der Waals surface area contributed by atoms with Crippen molar-refractivity contribution in [2.45, 2.75) is 12.1 Å². The number of para-hydroxylation sites is 1. The number of likely N-dealkylation sites (N-methyl/N-ethyl adjacent to an activating group) is 1. The van der Waals surface area contributed by atoms with Crippen molar-refractivity contribution in [2.75, 3.05) is 18.9 Å². The Bertz CT molecular complexity index is 977. The molecule has 29 heavy (non-hydrogen) atoms. The number of amides is 1. The van der Waals surface area contributed by atoms with Crippen LogP contribution in [0.2, 0.25) is 0 Å². The Morgan fingerprint density at radius 2 is 1.83 bits per heavy atom. The van der Waals surface area contributed by atoms with Crippen LogP contribution in [0.3, 0.4) is 0 Å². The number of thioether (sulfide) groups is 1. The van der Waals surface area contributed by atoms with Crippen molar-refractivity contribution in [3.63, 3.8) is 0 Å². The highest BCUT2D eigenvalue weighted by Gasteiger charge is 2.18. The number of hydrogen-bond acceptors (Lipinski definition) is 6. The molecule has 0 aliphatic rings. The Kier molecular flexibility index (Phi) is 6.96. The van der Waals surface area contributed by atoms with Crippen molar-refractivity contribution >= 4 is 23.6 Å². The standard InChI is InChI=1S/C20H19FN4O3S/c1-2-22-17(26)12-28-18(27)13-29-20-24-23-19(14-8-10-15(21)11-9-14)25(20)16-6-4-3-5-7-16/h3-11H,2,12-13H2,1H3,(H,22,26). The average molecular weight is 414 g/mol. The lowest BCUT2D eigenvalue weighted by Gasteiger charge is -2.10. The molecule has 1 heterocycles. The molecule has 0 saturated heterocycles. The maximum absolute atomic E-state index is 13.3. The highest BCUT2D eigenvalue weighted by molar-refractivity contribution is 7.99. The molecule has 0 aliphatic carbocycles. The molecule has 0 fully saturated rings. The molecule has 2 aromatic carbocycles. The van der Waals surface area contributed by atoms with Gasteiger partial charge >= 0.3 is 5.97 Å². The van der Waals surface area contributed by atoms with Gasteiger partial charge in [-0.3, -0.25) is 14.2 Å². The number of esters is 1. The summed E-state index contributed by atoms with van der Waals surface area (Å²) in [4.78, 5) is 23.4. The predicted octanol–water partition coefficient (Wildman–Crippen LogP) is 2.84. The van der Waals surface area contributed by atoms with Crippen LogP contribution in [0.1, 0.15) is 6.92 Å². The van der Waals surface area contributed by atoms with Gasteiger partial charge in [-0.05, 0) is 43.3 Å². The van der Waals surface area contributed by atoms with E-state index < -0.39 is 5.97 Å². The summed E-state index contributed by atoms with van der Waals surface area (Å²) in [5.74, 6) is -0.740. The molecule has 3 rings (SSSR count). The molecule has 1 aromatic heterocycles. The summed E-state index contributed by atoms with van der Waals surface area (Å²) in [5.41, 5.74) is 1.49. The van der Waals surface area contributed by atoms with Crippen LogP contribution < -0.4 is 5.32 Å². The van der Waals surface area contributed by atoms with Gasteiger partial charge in [0.25, 0.3) is 5.91 Å². The van der Waals surface area contributed by atoms with Gasteiger partial charge in [-0.25, -0.2) is 4.39 Å². The van der Waals surface area contributed by atoms with Crippen LogP contribution in [0.25, 0.3) is 17.1 Å². The highest BCUT2D eigenvalue weighted by Crippen LogP contribution is 2.28. The number of ether oxygens (including phenoxy) is 1. The van der Waals surface area contributed by atoms with E-state index in [0.29, 0.717) is 23.1 Å². The maximum atomic E-state index is 13.3. The summed E-state index contributed by atoms with van der Waals surface area (Å²) in [7, 11) is 0. The molecule has 0 aliphatic heterocycles. The average Bonchev–Trinajstić information content (AvgIpc) is 3.16. The number of benzene rings is 2. The van der Waals surface area contributed by atoms with Crippen molar-refractivity contribution in [3.8, 4) is 17.1 Å². The van der Waals surface area contributed by atoms with Gasteiger partial charge in [0.15, 0.2) is 17.6 Å². The lowest BCUT2D eigenvalue weighted by Crippen LogP contribution is -2.28. The zero-order valence-electron chi connectivity index (χ0n) is 15.7. The van der Waals surface area contributed by atoms with E-state index >= 15 is 0 Å². The molecule has 1 N–H and O–H groups in total. The monoisotopic (exact) mass is 414 g/mol.